The van der Waals surface area contributed by atoms with Gasteiger partial charge in [-0.1, -0.05) is 6.58 Å². The van der Waals surface area contributed by atoms with Gasteiger partial charge in [-0.2, -0.15) is 0 Å². The smallest absolute Gasteiger partial charge is 0.170 e. The van der Waals surface area contributed by atoms with Gasteiger partial charge in [0.15, 0.2) is 5.78 Å². The Bertz CT molecular complexity index is 552. The van der Waals surface area contributed by atoms with E-state index in [0.29, 0.717) is 5.57 Å². The summed E-state index contributed by atoms with van der Waals surface area (Å²) in [4.78, 5) is 22.7. The monoisotopic (exact) mass is 292 g/mol. The summed E-state index contributed by atoms with van der Waals surface area (Å²) in [6.45, 7) is 7.74. The number of hydrogen-bond acceptors (Lipinski definition) is 5. The van der Waals surface area contributed by atoms with Crippen LogP contribution in [0.4, 0.5) is 0 Å². The third kappa shape index (κ3) is 3.83. The molecule has 0 aliphatic carbocycles. The zero-order chi connectivity index (χ0) is 15.6. The molecule has 1 saturated heterocycles. The molecule has 21 heavy (non-hydrogen) atoms. The minimum absolute atomic E-state index is 0.0332. The number of carbonyl (C=O) groups is 1. The number of phenols is 2. The van der Waals surface area contributed by atoms with Gasteiger partial charge in [0.25, 0.3) is 0 Å². The number of hydrogen-bond donors (Lipinski definition) is 2. The van der Waals surface area contributed by atoms with Gasteiger partial charge in [0.1, 0.15) is 17.6 Å². The molecule has 0 radical (unpaired) electrons. The summed E-state index contributed by atoms with van der Waals surface area (Å²) in [5, 5.41) is 19.1. The van der Waals surface area contributed by atoms with E-state index in [1.54, 1.807) is 0 Å². The summed E-state index contributed by atoms with van der Waals surface area (Å²) in [7, 11) is 0. The van der Waals surface area contributed by atoms with Crippen LogP contribution in [0.25, 0.3) is 0 Å². The van der Waals surface area contributed by atoms with Crippen molar-refractivity contribution in [2.24, 2.45) is 0 Å². The first-order valence-electron chi connectivity index (χ1n) is 6.86. The summed E-state index contributed by atoms with van der Waals surface area (Å²) in [6.07, 6.45) is 1.24. The molecule has 5 nitrogen and oxygen atoms in total. The van der Waals surface area contributed by atoms with Gasteiger partial charge in [-0.15, -0.1) is 0 Å². The second-order valence-corrected chi connectivity index (χ2v) is 5.93. The molecule has 2 rings (SSSR count). The largest absolute Gasteiger partial charge is 0.508 e. The number of aromatic hydroxyl groups is 2. The lowest BCUT2D eigenvalue weighted by molar-refractivity contribution is -0.393. The van der Waals surface area contributed by atoms with Crippen LogP contribution in [0.15, 0.2) is 30.4 Å². The quantitative estimate of drug-likeness (QED) is 0.386. The van der Waals surface area contributed by atoms with Gasteiger partial charge in [-0.25, -0.2) is 9.78 Å². The van der Waals surface area contributed by atoms with Gasteiger partial charge >= 0.3 is 0 Å². The molecule has 0 aromatic heterocycles. The van der Waals surface area contributed by atoms with Crippen molar-refractivity contribution in [2.75, 3.05) is 0 Å². The summed E-state index contributed by atoms with van der Waals surface area (Å²) in [6, 6.07) is 3.85. The maximum atomic E-state index is 12.2. The number of carbonyl (C=O) groups excluding carboxylic acids is 1. The number of phenolic OH excluding ortho intramolecular Hbond substituents is 2. The first kappa shape index (κ1) is 15.5. The molecular formula is C16H20O5. The van der Waals surface area contributed by atoms with Gasteiger partial charge in [-0.05, 0) is 50.5 Å². The van der Waals surface area contributed by atoms with Crippen LogP contribution in [-0.4, -0.2) is 27.7 Å². The van der Waals surface area contributed by atoms with E-state index in [1.807, 2.05) is 13.8 Å². The van der Waals surface area contributed by atoms with E-state index in [4.69, 9.17) is 9.78 Å². The molecule has 1 aromatic rings. The highest BCUT2D eigenvalue weighted by atomic mass is 17.2. The fourth-order valence-corrected chi connectivity index (χ4v) is 2.19. The molecule has 2 N–H and O–H groups in total. The van der Waals surface area contributed by atoms with Crippen LogP contribution >= 0.6 is 0 Å². The number of rotatable bonds is 4. The lowest BCUT2D eigenvalue weighted by Gasteiger charge is -2.33. The summed E-state index contributed by atoms with van der Waals surface area (Å²) in [5.74, 6) is -0.546. The number of ketones is 1. The second-order valence-electron chi connectivity index (χ2n) is 5.93. The lowest BCUT2D eigenvalue weighted by atomic mass is 9.93. The molecule has 1 heterocycles. The SMILES string of the molecule is C=C(CC(=O)c1cc(O)ccc1O)C1CCC(C)(C)OO1. The van der Waals surface area contributed by atoms with Crippen molar-refractivity contribution < 1.29 is 24.8 Å². The number of Topliss-reactive ketones (excluding diaryl/α,β-unsaturated/α-hetero) is 1. The Hall–Kier alpha value is -1.85. The van der Waals surface area contributed by atoms with Crippen LogP contribution in [0.3, 0.4) is 0 Å². The van der Waals surface area contributed by atoms with Crippen LogP contribution < -0.4 is 0 Å². The molecule has 1 aliphatic heterocycles. The predicted molar refractivity (Wildman–Crippen MR) is 77.1 cm³/mol. The minimum atomic E-state index is -0.332. The van der Waals surface area contributed by atoms with E-state index < -0.39 is 0 Å². The van der Waals surface area contributed by atoms with Crippen LogP contribution in [0, 0.1) is 0 Å². The highest BCUT2D eigenvalue weighted by Gasteiger charge is 2.31. The van der Waals surface area contributed by atoms with Gasteiger partial charge in [0.05, 0.1) is 11.2 Å². The molecule has 0 bridgehead atoms. The molecule has 0 amide bonds. The van der Waals surface area contributed by atoms with E-state index in [2.05, 4.69) is 6.58 Å². The van der Waals surface area contributed by atoms with E-state index in [1.165, 1.54) is 18.2 Å². The van der Waals surface area contributed by atoms with Gasteiger partial charge in [-0.3, -0.25) is 4.79 Å². The summed E-state index contributed by atoms with van der Waals surface area (Å²) < 4.78 is 0. The summed E-state index contributed by atoms with van der Waals surface area (Å²) in [5.41, 5.74) is 0.344. The van der Waals surface area contributed by atoms with Crippen molar-refractivity contribution in [1.82, 2.24) is 0 Å². The maximum Gasteiger partial charge on any atom is 0.170 e. The Labute approximate surface area is 123 Å². The Kier molecular flexibility index (Phi) is 4.34. The van der Waals surface area contributed by atoms with Crippen molar-refractivity contribution >= 4 is 5.78 Å². The van der Waals surface area contributed by atoms with Crippen LogP contribution in [0.1, 0.15) is 43.5 Å². The fraction of sp³-hybridized carbons (Fsp3) is 0.438. The van der Waals surface area contributed by atoms with Crippen molar-refractivity contribution in [2.45, 2.75) is 44.8 Å². The standard InChI is InChI=1S/C16H20O5/c1-10(15-6-7-16(2,3)21-20-15)8-14(19)12-9-11(17)4-5-13(12)18/h4-5,9,15,17-18H,1,6-8H2,2-3H3. The van der Waals surface area contributed by atoms with Crippen LogP contribution in [-0.2, 0) is 9.78 Å². The molecule has 1 atom stereocenters. The minimum Gasteiger partial charge on any atom is -0.508 e. The lowest BCUT2D eigenvalue weighted by Crippen LogP contribution is -2.35. The molecule has 0 spiro atoms. The average molecular weight is 292 g/mol. The van der Waals surface area contributed by atoms with Crippen molar-refractivity contribution in [3.63, 3.8) is 0 Å². The van der Waals surface area contributed by atoms with E-state index >= 15 is 0 Å². The zero-order valence-corrected chi connectivity index (χ0v) is 12.3. The van der Waals surface area contributed by atoms with E-state index in [9.17, 15) is 15.0 Å². The van der Waals surface area contributed by atoms with Crippen molar-refractivity contribution in [1.29, 1.82) is 0 Å². The average Bonchev–Trinajstić information content (AvgIpc) is 2.41. The third-order valence-electron chi connectivity index (χ3n) is 3.52. The molecule has 1 unspecified atom stereocenters. The highest BCUT2D eigenvalue weighted by Crippen LogP contribution is 2.31. The Morgan fingerprint density at radius 1 is 1.43 bits per heavy atom. The van der Waals surface area contributed by atoms with E-state index in [-0.39, 0.29) is 41.0 Å². The Morgan fingerprint density at radius 2 is 2.14 bits per heavy atom. The summed E-state index contributed by atoms with van der Waals surface area (Å²) >= 11 is 0. The number of benzene rings is 1. The topological polar surface area (TPSA) is 76.0 Å². The van der Waals surface area contributed by atoms with E-state index in [0.717, 1.165) is 12.8 Å². The third-order valence-corrected chi connectivity index (χ3v) is 3.52. The van der Waals surface area contributed by atoms with Crippen molar-refractivity contribution in [3.05, 3.63) is 35.9 Å². The Balaban J connectivity index is 2.00. The molecule has 0 saturated carbocycles. The van der Waals surface area contributed by atoms with Crippen molar-refractivity contribution in [3.8, 4) is 11.5 Å². The second kappa shape index (κ2) is 5.87. The van der Waals surface area contributed by atoms with Gasteiger partial charge in [0.2, 0.25) is 0 Å². The molecule has 1 aliphatic rings. The molecular weight excluding hydrogens is 272 g/mol. The van der Waals surface area contributed by atoms with Crippen LogP contribution in [0.2, 0.25) is 0 Å². The maximum absolute atomic E-state index is 12.2. The fourth-order valence-electron chi connectivity index (χ4n) is 2.19. The molecule has 1 fully saturated rings. The van der Waals surface area contributed by atoms with Gasteiger partial charge < -0.3 is 10.2 Å². The first-order chi connectivity index (χ1) is 9.78. The Morgan fingerprint density at radius 3 is 2.76 bits per heavy atom. The first-order valence-corrected chi connectivity index (χ1v) is 6.86. The molecule has 114 valence electrons. The highest BCUT2D eigenvalue weighted by molar-refractivity contribution is 6.00. The zero-order valence-electron chi connectivity index (χ0n) is 12.3. The molecule has 5 heteroatoms. The predicted octanol–water partition coefficient (Wildman–Crippen LogP) is 3.12. The molecule has 1 aromatic carbocycles. The van der Waals surface area contributed by atoms with Gasteiger partial charge in [0, 0.05) is 6.42 Å². The normalized spacial score (nSPS) is 21.0. The van der Waals surface area contributed by atoms with Crippen LogP contribution in [0.5, 0.6) is 11.5 Å².